The molecule has 1 N–H and O–H groups in total. The predicted molar refractivity (Wildman–Crippen MR) is 167 cm³/mol. The van der Waals surface area contributed by atoms with Gasteiger partial charge in [-0.2, -0.15) is 0 Å². The molecule has 5 rings (SSSR count). The normalized spacial score (nSPS) is 15.6. The first-order valence-electron chi connectivity index (χ1n) is 14.8. The highest BCUT2D eigenvalue weighted by Gasteiger charge is 2.37. The molecule has 7 heteroatoms. The second-order valence-electron chi connectivity index (χ2n) is 10.8. The van der Waals surface area contributed by atoms with Crippen molar-refractivity contribution in [1.82, 2.24) is 10.2 Å². The van der Waals surface area contributed by atoms with Gasteiger partial charge >= 0.3 is 5.97 Å². The van der Waals surface area contributed by atoms with Gasteiger partial charge in [0.1, 0.15) is 5.82 Å². The summed E-state index contributed by atoms with van der Waals surface area (Å²) < 4.78 is 19.0. The van der Waals surface area contributed by atoms with Crippen molar-refractivity contribution in [2.24, 2.45) is 0 Å². The van der Waals surface area contributed by atoms with Gasteiger partial charge in [0, 0.05) is 23.6 Å². The molecule has 0 aliphatic carbocycles. The number of esters is 1. The van der Waals surface area contributed by atoms with E-state index in [1.165, 1.54) is 12.1 Å². The molecule has 0 aromatic heterocycles. The number of nitrogens with one attached hydrogen (secondary N) is 1. The van der Waals surface area contributed by atoms with Crippen molar-refractivity contribution in [2.75, 3.05) is 6.61 Å². The van der Waals surface area contributed by atoms with Gasteiger partial charge < -0.3 is 15.0 Å². The lowest BCUT2D eigenvalue weighted by atomic mass is 9.83. The van der Waals surface area contributed by atoms with E-state index in [0.29, 0.717) is 28.8 Å². The largest absolute Gasteiger partial charge is 0.463 e. The highest BCUT2D eigenvalue weighted by Crippen LogP contribution is 2.38. The van der Waals surface area contributed by atoms with Gasteiger partial charge in [0.05, 0.1) is 24.8 Å². The van der Waals surface area contributed by atoms with Crippen molar-refractivity contribution in [1.29, 1.82) is 0 Å². The highest BCUT2D eigenvalue weighted by molar-refractivity contribution is 5.96. The van der Waals surface area contributed by atoms with Crippen molar-refractivity contribution in [3.05, 3.63) is 154 Å². The van der Waals surface area contributed by atoms with Gasteiger partial charge in [-0.3, -0.25) is 9.59 Å². The third-order valence-corrected chi connectivity index (χ3v) is 7.91. The molecule has 224 valence electrons. The lowest BCUT2D eigenvalue weighted by Crippen LogP contribution is -2.38. The molecule has 1 aliphatic heterocycles. The quantitative estimate of drug-likeness (QED) is 0.204. The number of rotatable bonds is 10. The molecule has 0 saturated heterocycles. The standard InChI is InChI=1S/C37H35FN2O4/c1-3-44-37(43)35-25(2)40(34(41)23-32(35)28-17-19-31(38)20-18-28)24-27-13-10-16-30(21-27)36(42)39-33(29-14-8-5-9-15-29)22-26-11-6-4-7-12-26/h4-21,32-33H,3,22-24H2,1-2H3,(H,39,42). The van der Waals surface area contributed by atoms with Crippen molar-refractivity contribution in [3.63, 3.8) is 0 Å². The summed E-state index contributed by atoms with van der Waals surface area (Å²) in [6, 6.07) is 32.6. The van der Waals surface area contributed by atoms with Gasteiger partial charge in [0.2, 0.25) is 5.91 Å². The van der Waals surface area contributed by atoms with E-state index in [2.05, 4.69) is 5.32 Å². The Balaban J connectivity index is 1.39. The van der Waals surface area contributed by atoms with Crippen LogP contribution < -0.4 is 5.32 Å². The zero-order chi connectivity index (χ0) is 31.1. The average Bonchev–Trinajstić information content (AvgIpc) is 3.04. The summed E-state index contributed by atoms with van der Waals surface area (Å²) in [7, 11) is 0. The number of amides is 2. The van der Waals surface area contributed by atoms with Crippen LogP contribution >= 0.6 is 0 Å². The number of carbonyl (C=O) groups excluding carboxylic acids is 3. The minimum atomic E-state index is -0.546. The predicted octanol–water partition coefficient (Wildman–Crippen LogP) is 6.89. The lowest BCUT2D eigenvalue weighted by molar-refractivity contribution is -0.140. The molecule has 0 radical (unpaired) electrons. The number of carbonyl (C=O) groups is 3. The molecule has 2 amide bonds. The molecular weight excluding hydrogens is 555 g/mol. The SMILES string of the molecule is CCOC(=O)C1=C(C)N(Cc2cccc(C(=O)NC(Cc3ccccc3)c3ccccc3)c2)C(=O)CC1c1ccc(F)cc1. The Labute approximate surface area is 257 Å². The number of hydrogen-bond acceptors (Lipinski definition) is 4. The fourth-order valence-electron chi connectivity index (χ4n) is 5.68. The molecular formula is C37H35FN2O4. The minimum Gasteiger partial charge on any atom is -0.463 e. The van der Waals surface area contributed by atoms with Gasteiger partial charge in [-0.15, -0.1) is 0 Å². The summed E-state index contributed by atoms with van der Waals surface area (Å²) in [6.45, 7) is 3.82. The summed E-state index contributed by atoms with van der Waals surface area (Å²) in [5.74, 6) is -1.84. The van der Waals surface area contributed by atoms with E-state index in [9.17, 15) is 18.8 Å². The molecule has 1 aliphatic rings. The van der Waals surface area contributed by atoms with Crippen molar-refractivity contribution >= 4 is 17.8 Å². The topological polar surface area (TPSA) is 75.7 Å². The summed E-state index contributed by atoms with van der Waals surface area (Å²) in [5, 5.41) is 3.19. The van der Waals surface area contributed by atoms with Gasteiger partial charge in [-0.05, 0) is 66.8 Å². The summed E-state index contributed by atoms with van der Waals surface area (Å²) in [5.41, 5.74) is 4.85. The second-order valence-corrected chi connectivity index (χ2v) is 10.8. The molecule has 0 fully saturated rings. The maximum Gasteiger partial charge on any atom is 0.336 e. The number of hydrogen-bond donors (Lipinski definition) is 1. The zero-order valence-electron chi connectivity index (χ0n) is 24.8. The maximum absolute atomic E-state index is 13.6. The van der Waals surface area contributed by atoms with Crippen molar-refractivity contribution < 1.29 is 23.5 Å². The van der Waals surface area contributed by atoms with E-state index < -0.39 is 17.7 Å². The Hall–Kier alpha value is -5.04. The first kappa shape index (κ1) is 30.4. The fourth-order valence-corrected chi connectivity index (χ4v) is 5.68. The van der Waals surface area contributed by atoms with Crippen LogP contribution in [0.25, 0.3) is 0 Å². The molecule has 1 heterocycles. The first-order valence-corrected chi connectivity index (χ1v) is 14.8. The van der Waals surface area contributed by atoms with Crippen LogP contribution in [-0.2, 0) is 27.3 Å². The second kappa shape index (κ2) is 14.0. The number of halogens is 1. The Bertz CT molecular complexity index is 1650. The van der Waals surface area contributed by atoms with Crippen LogP contribution in [0.1, 0.15) is 64.8 Å². The van der Waals surface area contributed by atoms with E-state index in [0.717, 1.165) is 16.7 Å². The Morgan fingerprint density at radius 2 is 1.57 bits per heavy atom. The van der Waals surface area contributed by atoms with Crippen LogP contribution in [0.2, 0.25) is 0 Å². The summed E-state index contributed by atoms with van der Waals surface area (Å²) >= 11 is 0. The molecule has 6 nitrogen and oxygen atoms in total. The van der Waals surface area contributed by atoms with Gasteiger partial charge in [0.15, 0.2) is 0 Å². The summed E-state index contributed by atoms with van der Waals surface area (Å²) in [4.78, 5) is 41.7. The van der Waals surface area contributed by atoms with Gasteiger partial charge in [-0.25, -0.2) is 9.18 Å². The van der Waals surface area contributed by atoms with Crippen LogP contribution in [-0.4, -0.2) is 29.3 Å². The fraction of sp³-hybridized carbons (Fsp3) is 0.216. The van der Waals surface area contributed by atoms with E-state index in [4.69, 9.17) is 4.74 Å². The third kappa shape index (κ3) is 7.11. The zero-order valence-corrected chi connectivity index (χ0v) is 24.8. The van der Waals surface area contributed by atoms with Crippen LogP contribution in [0, 0.1) is 5.82 Å². The minimum absolute atomic E-state index is 0.0372. The Kier molecular flexibility index (Phi) is 9.65. The molecule has 2 unspecified atom stereocenters. The smallest absolute Gasteiger partial charge is 0.336 e. The van der Waals surface area contributed by atoms with E-state index in [1.807, 2.05) is 66.7 Å². The number of allylic oxidation sites excluding steroid dienone is 1. The first-order chi connectivity index (χ1) is 21.3. The maximum atomic E-state index is 13.6. The number of nitrogens with zero attached hydrogens (tertiary/aromatic N) is 1. The van der Waals surface area contributed by atoms with Crippen molar-refractivity contribution in [3.8, 4) is 0 Å². The Morgan fingerprint density at radius 1 is 0.909 bits per heavy atom. The molecule has 2 atom stereocenters. The summed E-state index contributed by atoms with van der Waals surface area (Å²) in [6.07, 6.45) is 0.671. The molecule has 44 heavy (non-hydrogen) atoms. The number of benzene rings is 4. The van der Waals surface area contributed by atoms with E-state index in [-0.39, 0.29) is 37.4 Å². The molecule has 4 aromatic carbocycles. The monoisotopic (exact) mass is 590 g/mol. The van der Waals surface area contributed by atoms with Gasteiger partial charge in [-0.1, -0.05) is 84.9 Å². The third-order valence-electron chi connectivity index (χ3n) is 7.91. The molecule has 0 bridgehead atoms. The van der Waals surface area contributed by atoms with Crippen LogP contribution in [0.15, 0.2) is 120 Å². The highest BCUT2D eigenvalue weighted by atomic mass is 19.1. The van der Waals surface area contributed by atoms with E-state index in [1.54, 1.807) is 49.1 Å². The van der Waals surface area contributed by atoms with Crippen LogP contribution in [0.4, 0.5) is 4.39 Å². The molecule has 0 spiro atoms. The lowest BCUT2D eigenvalue weighted by Gasteiger charge is -2.34. The average molecular weight is 591 g/mol. The van der Waals surface area contributed by atoms with E-state index >= 15 is 0 Å². The van der Waals surface area contributed by atoms with Crippen LogP contribution in [0.3, 0.4) is 0 Å². The van der Waals surface area contributed by atoms with Gasteiger partial charge in [0.25, 0.3) is 5.91 Å². The Morgan fingerprint density at radius 3 is 2.25 bits per heavy atom. The van der Waals surface area contributed by atoms with Crippen LogP contribution in [0.5, 0.6) is 0 Å². The van der Waals surface area contributed by atoms with Crippen molar-refractivity contribution in [2.45, 2.75) is 45.2 Å². The number of ether oxygens (including phenoxy) is 1. The molecule has 0 saturated carbocycles. The molecule has 4 aromatic rings.